The van der Waals surface area contributed by atoms with E-state index in [-0.39, 0.29) is 5.75 Å². The van der Waals surface area contributed by atoms with Crippen molar-refractivity contribution in [3.8, 4) is 11.5 Å². The molecular weight excluding hydrogens is 273 g/mol. The van der Waals surface area contributed by atoms with Gasteiger partial charge in [0.05, 0.1) is 19.9 Å². The van der Waals surface area contributed by atoms with Crippen LogP contribution in [0.4, 0.5) is 4.39 Å². The van der Waals surface area contributed by atoms with Gasteiger partial charge in [0.1, 0.15) is 11.9 Å². The minimum absolute atomic E-state index is 0.0953. The summed E-state index contributed by atoms with van der Waals surface area (Å²) in [5.74, 6) is 0.229. The molecule has 2 rings (SSSR count). The van der Waals surface area contributed by atoms with Gasteiger partial charge in [-0.2, -0.15) is 0 Å². The second kappa shape index (κ2) is 7.04. The highest BCUT2D eigenvalue weighted by molar-refractivity contribution is 5.37. The van der Waals surface area contributed by atoms with E-state index in [0.717, 1.165) is 6.42 Å². The lowest BCUT2D eigenvalue weighted by atomic mass is 10.0. The van der Waals surface area contributed by atoms with Gasteiger partial charge in [0.15, 0.2) is 11.6 Å². The Kier molecular flexibility index (Phi) is 5.11. The highest BCUT2D eigenvalue weighted by atomic mass is 19.1. The van der Waals surface area contributed by atoms with Crippen molar-refractivity contribution in [1.82, 2.24) is 4.98 Å². The van der Waals surface area contributed by atoms with Crippen LogP contribution in [0.25, 0.3) is 0 Å². The van der Waals surface area contributed by atoms with Gasteiger partial charge in [0.2, 0.25) is 0 Å². The molecule has 0 aliphatic rings. The maximum Gasteiger partial charge on any atom is 0.165 e. The van der Waals surface area contributed by atoms with Gasteiger partial charge < -0.3 is 14.6 Å². The van der Waals surface area contributed by atoms with Crippen LogP contribution < -0.4 is 9.47 Å². The number of nitrogens with zero attached hydrogens (tertiary/aromatic N) is 1. The van der Waals surface area contributed by atoms with E-state index in [9.17, 15) is 9.50 Å². The molecular formula is C16H18FNO3. The lowest BCUT2D eigenvalue weighted by Gasteiger charge is -2.14. The molecule has 4 nitrogen and oxygen atoms in total. The van der Waals surface area contributed by atoms with Crippen LogP contribution in [-0.2, 0) is 0 Å². The predicted octanol–water partition coefficient (Wildman–Crippen LogP) is 3.10. The Hall–Kier alpha value is -2.14. The molecule has 0 bridgehead atoms. The molecule has 0 fully saturated rings. The van der Waals surface area contributed by atoms with Gasteiger partial charge in [-0.25, -0.2) is 4.39 Å². The molecule has 0 saturated heterocycles. The average Bonchev–Trinajstić information content (AvgIpc) is 2.53. The molecule has 1 unspecified atom stereocenters. The quantitative estimate of drug-likeness (QED) is 0.888. The summed E-state index contributed by atoms with van der Waals surface area (Å²) in [6, 6.07) is 5.98. The molecule has 1 aromatic carbocycles. The number of benzene rings is 1. The van der Waals surface area contributed by atoms with E-state index in [2.05, 4.69) is 4.98 Å². The van der Waals surface area contributed by atoms with E-state index in [1.807, 2.05) is 6.92 Å². The third-order valence-corrected chi connectivity index (χ3v) is 3.01. The van der Waals surface area contributed by atoms with Gasteiger partial charge in [-0.15, -0.1) is 0 Å². The Morgan fingerprint density at radius 3 is 2.76 bits per heavy atom. The van der Waals surface area contributed by atoms with E-state index in [1.165, 1.54) is 25.3 Å². The van der Waals surface area contributed by atoms with Crippen molar-refractivity contribution in [2.75, 3.05) is 13.7 Å². The molecule has 0 spiro atoms. The predicted molar refractivity (Wildman–Crippen MR) is 77.0 cm³/mol. The lowest BCUT2D eigenvalue weighted by Crippen LogP contribution is -2.03. The van der Waals surface area contributed by atoms with Crippen molar-refractivity contribution in [3.63, 3.8) is 0 Å². The highest BCUT2D eigenvalue weighted by Crippen LogP contribution is 2.28. The molecule has 1 aromatic heterocycles. The summed E-state index contributed by atoms with van der Waals surface area (Å²) in [5.41, 5.74) is 1.11. The zero-order valence-corrected chi connectivity index (χ0v) is 12.0. The summed E-state index contributed by atoms with van der Waals surface area (Å²) >= 11 is 0. The summed E-state index contributed by atoms with van der Waals surface area (Å²) in [6.45, 7) is 2.60. The second-order valence-corrected chi connectivity index (χ2v) is 4.60. The topological polar surface area (TPSA) is 51.6 Å². The number of halogens is 1. The van der Waals surface area contributed by atoms with Gasteiger partial charge >= 0.3 is 0 Å². The standard InChI is InChI=1S/C16H18FNO3/c1-3-6-21-13-7-12(9-18-10-13)16(19)11-4-5-14(17)15(8-11)20-2/h4-5,7-10,16,19H,3,6H2,1-2H3. The average molecular weight is 291 g/mol. The smallest absolute Gasteiger partial charge is 0.165 e. The van der Waals surface area contributed by atoms with Gasteiger partial charge in [-0.3, -0.25) is 4.98 Å². The van der Waals surface area contributed by atoms with Gasteiger partial charge in [0.25, 0.3) is 0 Å². The number of hydrogen-bond donors (Lipinski definition) is 1. The molecule has 1 atom stereocenters. The first-order valence-corrected chi connectivity index (χ1v) is 6.75. The second-order valence-electron chi connectivity index (χ2n) is 4.60. The van der Waals surface area contributed by atoms with Crippen LogP contribution in [0.3, 0.4) is 0 Å². The van der Waals surface area contributed by atoms with Gasteiger partial charge in [0, 0.05) is 11.8 Å². The summed E-state index contributed by atoms with van der Waals surface area (Å²) in [5, 5.41) is 10.4. The van der Waals surface area contributed by atoms with Crippen molar-refractivity contribution in [3.05, 3.63) is 53.6 Å². The zero-order valence-electron chi connectivity index (χ0n) is 12.0. The van der Waals surface area contributed by atoms with Crippen molar-refractivity contribution in [1.29, 1.82) is 0 Å². The number of aliphatic hydroxyl groups excluding tert-OH is 1. The summed E-state index contributed by atoms with van der Waals surface area (Å²) in [4.78, 5) is 4.05. The molecule has 0 aliphatic heterocycles. The van der Waals surface area contributed by atoms with Gasteiger partial charge in [-0.05, 0) is 30.2 Å². The molecule has 0 saturated carbocycles. The fourth-order valence-corrected chi connectivity index (χ4v) is 1.92. The molecule has 112 valence electrons. The number of ether oxygens (including phenoxy) is 2. The molecule has 0 aliphatic carbocycles. The molecule has 2 aromatic rings. The monoisotopic (exact) mass is 291 g/mol. The highest BCUT2D eigenvalue weighted by Gasteiger charge is 2.14. The largest absolute Gasteiger partial charge is 0.494 e. The first-order chi connectivity index (χ1) is 10.2. The minimum atomic E-state index is -0.919. The number of rotatable bonds is 6. The minimum Gasteiger partial charge on any atom is -0.494 e. The van der Waals surface area contributed by atoms with Crippen LogP contribution in [0.15, 0.2) is 36.7 Å². The maximum atomic E-state index is 13.4. The summed E-state index contributed by atoms with van der Waals surface area (Å²) in [7, 11) is 1.38. The van der Waals surface area contributed by atoms with Crippen molar-refractivity contribution < 1.29 is 19.0 Å². The lowest BCUT2D eigenvalue weighted by molar-refractivity contribution is 0.218. The zero-order chi connectivity index (χ0) is 15.2. The van der Waals surface area contributed by atoms with E-state index in [4.69, 9.17) is 9.47 Å². The third kappa shape index (κ3) is 3.70. The molecule has 21 heavy (non-hydrogen) atoms. The molecule has 1 N–H and O–H groups in total. The van der Waals surface area contributed by atoms with Crippen molar-refractivity contribution in [2.45, 2.75) is 19.4 Å². The Labute approximate surface area is 123 Å². The third-order valence-electron chi connectivity index (χ3n) is 3.01. The van der Waals surface area contributed by atoms with Crippen LogP contribution >= 0.6 is 0 Å². The Morgan fingerprint density at radius 2 is 2.05 bits per heavy atom. The van der Waals surface area contributed by atoms with E-state index < -0.39 is 11.9 Å². The SMILES string of the molecule is CCCOc1cncc(C(O)c2ccc(F)c(OC)c2)c1. The summed E-state index contributed by atoms with van der Waals surface area (Å²) < 4.78 is 23.8. The fraction of sp³-hybridized carbons (Fsp3) is 0.312. The summed E-state index contributed by atoms with van der Waals surface area (Å²) in [6.07, 6.45) is 3.12. The number of methoxy groups -OCH3 is 1. The van der Waals surface area contributed by atoms with Crippen LogP contribution in [0.1, 0.15) is 30.6 Å². The van der Waals surface area contributed by atoms with E-state index in [1.54, 1.807) is 18.5 Å². The Balaban J connectivity index is 2.24. The number of pyridine rings is 1. The Bertz CT molecular complexity index is 604. The fourth-order valence-electron chi connectivity index (χ4n) is 1.92. The molecule has 0 radical (unpaired) electrons. The normalized spacial score (nSPS) is 12.0. The van der Waals surface area contributed by atoms with E-state index in [0.29, 0.717) is 23.5 Å². The molecule has 0 amide bonds. The van der Waals surface area contributed by atoms with Crippen molar-refractivity contribution >= 4 is 0 Å². The first-order valence-electron chi connectivity index (χ1n) is 6.75. The Morgan fingerprint density at radius 1 is 1.24 bits per heavy atom. The van der Waals surface area contributed by atoms with Crippen LogP contribution in [0, 0.1) is 5.82 Å². The van der Waals surface area contributed by atoms with Crippen LogP contribution in [-0.4, -0.2) is 23.8 Å². The van der Waals surface area contributed by atoms with Crippen LogP contribution in [0.5, 0.6) is 11.5 Å². The van der Waals surface area contributed by atoms with Crippen LogP contribution in [0.2, 0.25) is 0 Å². The number of hydrogen-bond acceptors (Lipinski definition) is 4. The van der Waals surface area contributed by atoms with Crippen molar-refractivity contribution in [2.24, 2.45) is 0 Å². The number of aromatic nitrogens is 1. The maximum absolute atomic E-state index is 13.4. The van der Waals surface area contributed by atoms with E-state index >= 15 is 0 Å². The molecule has 1 heterocycles. The van der Waals surface area contributed by atoms with Gasteiger partial charge in [-0.1, -0.05) is 13.0 Å². The number of aliphatic hydroxyl groups is 1. The first kappa shape index (κ1) is 15.3. The molecule has 5 heteroatoms.